The van der Waals surface area contributed by atoms with Gasteiger partial charge in [0.2, 0.25) is 5.88 Å². The van der Waals surface area contributed by atoms with Gasteiger partial charge in [-0.15, -0.1) is 0 Å². The molecule has 2 heterocycles. The molecule has 2 aromatic heterocycles. The van der Waals surface area contributed by atoms with Crippen LogP contribution in [0.2, 0.25) is 0 Å². The first kappa shape index (κ1) is 10.3. The van der Waals surface area contributed by atoms with Crippen LogP contribution in [0.1, 0.15) is 0 Å². The Labute approximate surface area is 88.7 Å². The van der Waals surface area contributed by atoms with Gasteiger partial charge in [0, 0.05) is 12.3 Å². The van der Waals surface area contributed by atoms with Crippen molar-refractivity contribution in [2.24, 2.45) is 0 Å². The topological polar surface area (TPSA) is 75.7 Å². The summed E-state index contributed by atoms with van der Waals surface area (Å²) in [4.78, 5) is 7.45. The number of H-pyrrole nitrogens is 1. The highest BCUT2D eigenvalue weighted by Gasteiger charge is 2.06. The Bertz CT molecular complexity index is 430. The van der Waals surface area contributed by atoms with Crippen molar-refractivity contribution in [2.45, 2.75) is 6.61 Å². The highest BCUT2D eigenvalue weighted by atomic mass is 19.3. The summed E-state index contributed by atoms with van der Waals surface area (Å²) in [6, 6.07) is 1.69. The summed E-state index contributed by atoms with van der Waals surface area (Å²) in [5.41, 5.74) is 0. The third-order valence-electron chi connectivity index (χ3n) is 1.59. The van der Waals surface area contributed by atoms with E-state index < -0.39 is 6.61 Å². The van der Waals surface area contributed by atoms with Gasteiger partial charge < -0.3 is 10.1 Å². The fraction of sp³-hybridized carbons (Fsp3) is 0.125. The summed E-state index contributed by atoms with van der Waals surface area (Å²) in [5.74, 6) is 0.702. The highest BCUT2D eigenvalue weighted by Crippen LogP contribution is 2.13. The number of anilines is 2. The number of nitrogens with one attached hydrogen (secondary N) is 2. The van der Waals surface area contributed by atoms with Gasteiger partial charge in [-0.05, 0) is 0 Å². The standard InChI is InChI=1S/C8H7F2N5O/c9-8(10)16-7-4-11-6(3-12-7)14-5-1-2-13-15-5/h1-4,8H,(H2,11,13,14,15). The Morgan fingerprint density at radius 2 is 2.12 bits per heavy atom. The van der Waals surface area contributed by atoms with Gasteiger partial charge in [-0.2, -0.15) is 13.9 Å². The largest absolute Gasteiger partial charge is 0.415 e. The van der Waals surface area contributed by atoms with E-state index in [-0.39, 0.29) is 5.88 Å². The average Bonchev–Trinajstić information content (AvgIpc) is 2.73. The molecule has 0 saturated heterocycles. The number of nitrogens with zero attached hydrogens (tertiary/aromatic N) is 3. The third-order valence-corrected chi connectivity index (χ3v) is 1.59. The second-order valence-electron chi connectivity index (χ2n) is 2.70. The smallest absolute Gasteiger partial charge is 0.388 e. The van der Waals surface area contributed by atoms with Crippen LogP contribution in [-0.2, 0) is 0 Å². The first-order chi connectivity index (χ1) is 7.74. The lowest BCUT2D eigenvalue weighted by Gasteiger charge is -2.04. The molecule has 84 valence electrons. The molecule has 0 aromatic carbocycles. The number of ether oxygens (including phenoxy) is 1. The van der Waals surface area contributed by atoms with Gasteiger partial charge in [0.1, 0.15) is 5.82 Å². The van der Waals surface area contributed by atoms with Crippen molar-refractivity contribution in [1.29, 1.82) is 0 Å². The summed E-state index contributed by atoms with van der Waals surface area (Å²) in [6.07, 6.45) is 4.00. The van der Waals surface area contributed by atoms with E-state index >= 15 is 0 Å². The lowest BCUT2D eigenvalue weighted by molar-refractivity contribution is -0.0530. The Balaban J connectivity index is 2.02. The molecular weight excluding hydrogens is 220 g/mol. The van der Waals surface area contributed by atoms with Gasteiger partial charge in [-0.25, -0.2) is 9.97 Å². The predicted octanol–water partition coefficient (Wildman–Crippen LogP) is 1.54. The minimum Gasteiger partial charge on any atom is -0.415 e. The molecule has 0 fully saturated rings. The molecule has 0 saturated carbocycles. The van der Waals surface area contributed by atoms with Crippen molar-refractivity contribution < 1.29 is 13.5 Å². The monoisotopic (exact) mass is 227 g/mol. The zero-order valence-electron chi connectivity index (χ0n) is 7.89. The van der Waals surface area contributed by atoms with E-state index in [1.807, 2.05) is 0 Å². The van der Waals surface area contributed by atoms with E-state index in [0.717, 1.165) is 6.20 Å². The van der Waals surface area contributed by atoms with Crippen LogP contribution in [0.15, 0.2) is 24.7 Å². The van der Waals surface area contributed by atoms with Crippen LogP contribution in [0.3, 0.4) is 0 Å². The molecule has 8 heteroatoms. The first-order valence-corrected chi connectivity index (χ1v) is 4.28. The Hall–Kier alpha value is -2.25. The normalized spacial score (nSPS) is 10.4. The minimum atomic E-state index is -2.90. The van der Waals surface area contributed by atoms with Crippen LogP contribution in [0, 0.1) is 0 Å². The molecule has 0 radical (unpaired) electrons. The maximum atomic E-state index is 11.8. The number of halogens is 2. The molecular formula is C8H7F2N5O. The molecule has 2 rings (SSSR count). The number of hydrogen-bond donors (Lipinski definition) is 2. The molecule has 0 aliphatic rings. The molecule has 0 aliphatic carbocycles. The highest BCUT2D eigenvalue weighted by molar-refractivity contribution is 5.49. The molecule has 2 N–H and O–H groups in total. The van der Waals surface area contributed by atoms with E-state index in [4.69, 9.17) is 0 Å². The number of hydrogen-bond acceptors (Lipinski definition) is 5. The van der Waals surface area contributed by atoms with Gasteiger partial charge in [0.25, 0.3) is 0 Å². The van der Waals surface area contributed by atoms with Crippen LogP contribution < -0.4 is 10.1 Å². The van der Waals surface area contributed by atoms with Crippen molar-refractivity contribution in [2.75, 3.05) is 5.32 Å². The van der Waals surface area contributed by atoms with Crippen molar-refractivity contribution in [3.8, 4) is 5.88 Å². The second-order valence-corrected chi connectivity index (χ2v) is 2.70. The van der Waals surface area contributed by atoms with E-state index in [0.29, 0.717) is 11.6 Å². The number of alkyl halides is 2. The molecule has 16 heavy (non-hydrogen) atoms. The van der Waals surface area contributed by atoms with Crippen LogP contribution in [0.4, 0.5) is 20.4 Å². The molecule has 0 spiro atoms. The fourth-order valence-corrected chi connectivity index (χ4v) is 0.994. The summed E-state index contributed by atoms with van der Waals surface area (Å²) >= 11 is 0. The van der Waals surface area contributed by atoms with Gasteiger partial charge in [0.15, 0.2) is 5.82 Å². The summed E-state index contributed by atoms with van der Waals surface area (Å²) in [5, 5.41) is 9.24. The minimum absolute atomic E-state index is 0.234. The van der Waals surface area contributed by atoms with Crippen molar-refractivity contribution in [3.05, 3.63) is 24.7 Å². The van der Waals surface area contributed by atoms with Crippen LogP contribution in [0.25, 0.3) is 0 Å². The lowest BCUT2D eigenvalue weighted by Crippen LogP contribution is -2.04. The lowest BCUT2D eigenvalue weighted by atomic mass is 10.6. The number of aromatic amines is 1. The van der Waals surface area contributed by atoms with E-state index in [1.165, 1.54) is 6.20 Å². The molecule has 0 aliphatic heterocycles. The fourth-order valence-electron chi connectivity index (χ4n) is 0.994. The second kappa shape index (κ2) is 4.51. The van der Waals surface area contributed by atoms with Crippen molar-refractivity contribution in [1.82, 2.24) is 20.2 Å². The van der Waals surface area contributed by atoms with Gasteiger partial charge in [0.05, 0.1) is 12.4 Å². The SMILES string of the molecule is FC(F)Oc1cnc(Nc2cc[nH]n2)cn1. The molecule has 0 amide bonds. The maximum Gasteiger partial charge on any atom is 0.388 e. The quantitative estimate of drug-likeness (QED) is 0.828. The van der Waals surface area contributed by atoms with Gasteiger partial charge in [-0.1, -0.05) is 0 Å². The first-order valence-electron chi connectivity index (χ1n) is 4.28. The zero-order chi connectivity index (χ0) is 11.4. The van der Waals surface area contributed by atoms with Crippen molar-refractivity contribution in [3.63, 3.8) is 0 Å². The molecule has 2 aromatic rings. The molecule has 0 unspecified atom stereocenters. The number of rotatable bonds is 4. The van der Waals surface area contributed by atoms with E-state index in [9.17, 15) is 8.78 Å². The van der Waals surface area contributed by atoms with Crippen LogP contribution in [-0.4, -0.2) is 26.8 Å². The van der Waals surface area contributed by atoms with Gasteiger partial charge in [-0.3, -0.25) is 5.10 Å². The van der Waals surface area contributed by atoms with Crippen LogP contribution >= 0.6 is 0 Å². The van der Waals surface area contributed by atoms with E-state index in [2.05, 4.69) is 30.2 Å². The van der Waals surface area contributed by atoms with Gasteiger partial charge >= 0.3 is 6.61 Å². The predicted molar refractivity (Wildman–Crippen MR) is 50.5 cm³/mol. The zero-order valence-corrected chi connectivity index (χ0v) is 7.89. The third kappa shape index (κ3) is 2.62. The molecule has 6 nitrogen and oxygen atoms in total. The Kier molecular flexibility index (Phi) is 2.90. The van der Waals surface area contributed by atoms with E-state index in [1.54, 1.807) is 12.3 Å². The Morgan fingerprint density at radius 1 is 1.25 bits per heavy atom. The van der Waals surface area contributed by atoms with Crippen LogP contribution in [0.5, 0.6) is 5.88 Å². The molecule has 0 atom stereocenters. The van der Waals surface area contributed by atoms with Crippen molar-refractivity contribution >= 4 is 11.6 Å². The number of aromatic nitrogens is 4. The average molecular weight is 227 g/mol. The summed E-state index contributed by atoms with van der Waals surface area (Å²) < 4.78 is 27.7. The Morgan fingerprint density at radius 3 is 2.69 bits per heavy atom. The molecule has 0 bridgehead atoms. The maximum absolute atomic E-state index is 11.8. The summed E-state index contributed by atoms with van der Waals surface area (Å²) in [6.45, 7) is -2.90. The summed E-state index contributed by atoms with van der Waals surface area (Å²) in [7, 11) is 0.